The quantitative estimate of drug-likeness (QED) is 0.782. The van der Waals surface area contributed by atoms with Crippen molar-refractivity contribution in [3.05, 3.63) is 29.8 Å². The van der Waals surface area contributed by atoms with Crippen molar-refractivity contribution in [2.45, 2.75) is 44.7 Å². The first-order valence-electron chi connectivity index (χ1n) is 8.44. The Kier molecular flexibility index (Phi) is 4.42. The topological polar surface area (TPSA) is 109 Å². The van der Waals surface area contributed by atoms with Gasteiger partial charge in [0.1, 0.15) is 5.66 Å². The van der Waals surface area contributed by atoms with Crippen molar-refractivity contribution in [3.63, 3.8) is 0 Å². The Hall–Kier alpha value is -2.57. The lowest BCUT2D eigenvalue weighted by Crippen LogP contribution is -2.58. The summed E-state index contributed by atoms with van der Waals surface area (Å²) in [6, 6.07) is 7.37. The van der Waals surface area contributed by atoms with E-state index in [1.165, 1.54) is 6.42 Å². The number of anilines is 1. The van der Waals surface area contributed by atoms with Gasteiger partial charge in [-0.15, -0.1) is 0 Å². The third-order valence-electron chi connectivity index (χ3n) is 4.58. The van der Waals surface area contributed by atoms with E-state index in [9.17, 15) is 4.79 Å². The van der Waals surface area contributed by atoms with Crippen LogP contribution in [0.25, 0.3) is 0 Å². The fourth-order valence-electron chi connectivity index (χ4n) is 3.52. The minimum Gasteiger partial charge on any atom is -0.369 e. The zero-order valence-electron chi connectivity index (χ0n) is 14.0. The molecule has 3 rings (SSSR count). The summed E-state index contributed by atoms with van der Waals surface area (Å²) in [5.74, 6) is 0.513. The Balaban J connectivity index is 1.93. The number of nitrogens with two attached hydrogens (primary N) is 2. The highest BCUT2D eigenvalue weighted by atomic mass is 16.1. The molecule has 0 saturated heterocycles. The number of nitrogens with one attached hydrogen (secondary N) is 1. The zero-order chi connectivity index (χ0) is 17.2. The van der Waals surface area contributed by atoms with E-state index in [1.807, 2.05) is 24.0 Å². The van der Waals surface area contributed by atoms with E-state index in [2.05, 4.69) is 15.3 Å². The first-order valence-corrected chi connectivity index (χ1v) is 8.44. The number of carbonyl (C=O) groups excluding carboxylic acids is 1. The lowest BCUT2D eigenvalue weighted by Gasteiger charge is -2.45. The summed E-state index contributed by atoms with van der Waals surface area (Å²) in [5, 5.41) is 2.79. The molecule has 1 amide bonds. The summed E-state index contributed by atoms with van der Waals surface area (Å²) in [7, 11) is 0. The molecule has 0 unspecified atom stereocenters. The fraction of sp³-hybridized carbons (Fsp3) is 0.471. The first kappa shape index (κ1) is 16.3. The third-order valence-corrected chi connectivity index (χ3v) is 4.58. The maximum atomic E-state index is 11.9. The summed E-state index contributed by atoms with van der Waals surface area (Å²) in [5.41, 5.74) is 13.1. The van der Waals surface area contributed by atoms with Crippen LogP contribution in [-0.2, 0) is 0 Å². The Labute approximate surface area is 141 Å². The minimum absolute atomic E-state index is 0.0843. The number of aliphatic imine (C=N–C) groups is 2. The molecule has 7 nitrogen and oxygen atoms in total. The SMILES string of the molecule is CCNC(=O)c1ccc(N2C(N)=NC(N)=NC23CCCCC3)cc1. The molecule has 1 saturated carbocycles. The average Bonchev–Trinajstić information content (AvgIpc) is 2.55. The summed E-state index contributed by atoms with van der Waals surface area (Å²) < 4.78 is 0. The van der Waals surface area contributed by atoms with Gasteiger partial charge in [0, 0.05) is 17.8 Å². The molecular formula is C17H24N6O. The van der Waals surface area contributed by atoms with Crippen molar-refractivity contribution in [1.29, 1.82) is 0 Å². The van der Waals surface area contributed by atoms with E-state index < -0.39 is 5.66 Å². The molecule has 1 spiro atoms. The Bertz CT molecular complexity index is 673. The zero-order valence-corrected chi connectivity index (χ0v) is 14.0. The summed E-state index contributed by atoms with van der Waals surface area (Å²) >= 11 is 0. The summed E-state index contributed by atoms with van der Waals surface area (Å²) in [6.07, 6.45) is 5.14. The van der Waals surface area contributed by atoms with Gasteiger partial charge in [-0.25, -0.2) is 4.99 Å². The first-order chi connectivity index (χ1) is 11.6. The van der Waals surface area contributed by atoms with E-state index in [-0.39, 0.29) is 11.9 Å². The van der Waals surface area contributed by atoms with Crippen LogP contribution in [0.3, 0.4) is 0 Å². The summed E-state index contributed by atoms with van der Waals surface area (Å²) in [6.45, 7) is 2.50. The predicted molar refractivity (Wildman–Crippen MR) is 96.0 cm³/mol. The van der Waals surface area contributed by atoms with Gasteiger partial charge in [-0.05, 0) is 56.9 Å². The van der Waals surface area contributed by atoms with E-state index >= 15 is 0 Å². The van der Waals surface area contributed by atoms with Gasteiger partial charge in [-0.2, -0.15) is 4.99 Å². The molecule has 0 aromatic heterocycles. The van der Waals surface area contributed by atoms with E-state index in [0.717, 1.165) is 31.4 Å². The molecule has 1 aromatic carbocycles. The lowest BCUT2D eigenvalue weighted by molar-refractivity contribution is 0.0956. The van der Waals surface area contributed by atoms with Crippen LogP contribution in [0.4, 0.5) is 5.69 Å². The van der Waals surface area contributed by atoms with Gasteiger partial charge in [0.15, 0.2) is 0 Å². The Morgan fingerprint density at radius 2 is 1.88 bits per heavy atom. The molecule has 2 aliphatic rings. The van der Waals surface area contributed by atoms with Crippen LogP contribution in [0.5, 0.6) is 0 Å². The number of guanidine groups is 2. The molecular weight excluding hydrogens is 304 g/mol. The van der Waals surface area contributed by atoms with Gasteiger partial charge in [-0.1, -0.05) is 6.42 Å². The largest absolute Gasteiger partial charge is 0.369 e. The van der Waals surface area contributed by atoms with Crippen molar-refractivity contribution >= 4 is 23.5 Å². The van der Waals surface area contributed by atoms with E-state index in [4.69, 9.17) is 11.5 Å². The second kappa shape index (κ2) is 6.51. The molecule has 24 heavy (non-hydrogen) atoms. The predicted octanol–water partition coefficient (Wildman–Crippen LogP) is 1.55. The van der Waals surface area contributed by atoms with Crippen molar-refractivity contribution < 1.29 is 4.79 Å². The summed E-state index contributed by atoms with van der Waals surface area (Å²) in [4.78, 5) is 22.7. The molecule has 5 N–H and O–H groups in total. The highest BCUT2D eigenvalue weighted by molar-refractivity contribution is 6.05. The number of amides is 1. The molecule has 1 heterocycles. The number of benzene rings is 1. The maximum absolute atomic E-state index is 11.9. The second-order valence-electron chi connectivity index (χ2n) is 6.22. The molecule has 0 radical (unpaired) electrons. The Morgan fingerprint density at radius 3 is 2.50 bits per heavy atom. The van der Waals surface area contributed by atoms with Crippen molar-refractivity contribution in [3.8, 4) is 0 Å². The average molecular weight is 328 g/mol. The van der Waals surface area contributed by atoms with Gasteiger partial charge in [-0.3, -0.25) is 9.69 Å². The molecule has 0 bridgehead atoms. The smallest absolute Gasteiger partial charge is 0.251 e. The van der Waals surface area contributed by atoms with E-state index in [1.54, 1.807) is 12.1 Å². The van der Waals surface area contributed by atoms with E-state index in [0.29, 0.717) is 18.1 Å². The monoisotopic (exact) mass is 328 g/mol. The van der Waals surface area contributed by atoms with Crippen LogP contribution in [0.1, 0.15) is 49.4 Å². The van der Waals surface area contributed by atoms with Gasteiger partial charge in [0.05, 0.1) is 0 Å². The van der Waals surface area contributed by atoms with Crippen molar-refractivity contribution in [2.75, 3.05) is 11.4 Å². The van der Waals surface area contributed by atoms with Gasteiger partial charge in [0.2, 0.25) is 11.9 Å². The number of hydrogen-bond donors (Lipinski definition) is 3. The van der Waals surface area contributed by atoms with Crippen LogP contribution in [-0.4, -0.2) is 30.0 Å². The lowest BCUT2D eigenvalue weighted by atomic mass is 9.87. The number of carbonyl (C=O) groups is 1. The normalized spacial score (nSPS) is 19.6. The fourth-order valence-corrected chi connectivity index (χ4v) is 3.52. The molecule has 1 aromatic rings. The molecule has 0 atom stereocenters. The molecule has 1 aliphatic heterocycles. The van der Waals surface area contributed by atoms with Crippen molar-refractivity contribution in [1.82, 2.24) is 5.32 Å². The standard InChI is InChI=1S/C17H24N6O/c1-2-20-14(24)12-6-8-13(9-7-12)23-16(19)21-15(18)22-17(23)10-4-3-5-11-17/h6-9H,2-5,10-11H2,1H3,(H,20,24)(H4,18,19,21,22). The van der Waals surface area contributed by atoms with Crippen LogP contribution < -0.4 is 21.7 Å². The van der Waals surface area contributed by atoms with Crippen LogP contribution in [0.2, 0.25) is 0 Å². The molecule has 7 heteroatoms. The highest BCUT2D eigenvalue weighted by Gasteiger charge is 2.42. The number of rotatable bonds is 3. The molecule has 128 valence electrons. The van der Waals surface area contributed by atoms with Gasteiger partial charge >= 0.3 is 0 Å². The maximum Gasteiger partial charge on any atom is 0.251 e. The van der Waals surface area contributed by atoms with Crippen LogP contribution >= 0.6 is 0 Å². The number of hydrogen-bond acceptors (Lipinski definition) is 6. The Morgan fingerprint density at radius 1 is 1.21 bits per heavy atom. The number of nitrogens with zero attached hydrogens (tertiary/aromatic N) is 3. The highest BCUT2D eigenvalue weighted by Crippen LogP contribution is 2.39. The molecule has 1 fully saturated rings. The van der Waals surface area contributed by atoms with Gasteiger partial charge in [0.25, 0.3) is 5.91 Å². The molecule has 1 aliphatic carbocycles. The van der Waals surface area contributed by atoms with Crippen molar-refractivity contribution in [2.24, 2.45) is 21.5 Å². The van der Waals surface area contributed by atoms with Crippen LogP contribution in [0, 0.1) is 0 Å². The van der Waals surface area contributed by atoms with Gasteiger partial charge < -0.3 is 16.8 Å². The third kappa shape index (κ3) is 2.93. The second-order valence-corrected chi connectivity index (χ2v) is 6.22. The van der Waals surface area contributed by atoms with Crippen LogP contribution in [0.15, 0.2) is 34.3 Å². The minimum atomic E-state index is -0.457.